The predicted molar refractivity (Wildman–Crippen MR) is 98.3 cm³/mol. The molecule has 2 aromatic rings. The Kier molecular flexibility index (Phi) is 6.26. The van der Waals surface area contributed by atoms with Crippen molar-refractivity contribution in [2.45, 2.75) is 20.8 Å². The molecule has 24 heavy (non-hydrogen) atoms. The molecule has 0 aliphatic heterocycles. The summed E-state index contributed by atoms with van der Waals surface area (Å²) in [4.78, 5) is 31.8. The van der Waals surface area contributed by atoms with Crippen molar-refractivity contribution in [3.63, 3.8) is 0 Å². The highest BCUT2D eigenvalue weighted by Gasteiger charge is 2.17. The number of carbonyl (C=O) groups excluding carboxylic acids is 2. The Bertz CT molecular complexity index is 721. The van der Waals surface area contributed by atoms with Gasteiger partial charge in [0.05, 0.1) is 11.4 Å². The van der Waals surface area contributed by atoms with Gasteiger partial charge in [0.15, 0.2) is 5.13 Å². The van der Waals surface area contributed by atoms with Crippen LogP contribution in [0, 0.1) is 0 Å². The molecule has 1 heterocycles. The zero-order valence-electron chi connectivity index (χ0n) is 14.1. The molecular weight excluding hydrogens is 322 g/mol. The fourth-order valence-electron chi connectivity index (χ4n) is 2.26. The third kappa shape index (κ3) is 4.29. The number of para-hydroxylation sites is 1. The smallest absolute Gasteiger partial charge is 0.246 e. The maximum atomic E-state index is 12.0. The quantitative estimate of drug-likeness (QED) is 0.751. The van der Waals surface area contributed by atoms with Crippen molar-refractivity contribution in [3.05, 3.63) is 47.5 Å². The molecule has 1 aromatic carbocycles. The molecule has 0 aliphatic rings. The van der Waals surface area contributed by atoms with Crippen LogP contribution in [0.1, 0.15) is 26.5 Å². The van der Waals surface area contributed by atoms with Crippen LogP contribution in [-0.4, -0.2) is 34.8 Å². The van der Waals surface area contributed by atoms with Crippen molar-refractivity contribution in [2.24, 2.45) is 0 Å². The Morgan fingerprint density at radius 3 is 2.42 bits per heavy atom. The summed E-state index contributed by atoms with van der Waals surface area (Å²) in [7, 11) is 0. The van der Waals surface area contributed by atoms with Gasteiger partial charge in [0.25, 0.3) is 0 Å². The minimum Gasteiger partial charge on any atom is -0.340 e. The second-order valence-corrected chi connectivity index (χ2v) is 5.93. The van der Waals surface area contributed by atoms with Crippen molar-refractivity contribution in [3.8, 4) is 0 Å². The standard InChI is InChI=1S/C18H21N3O2S/c1-4-20(5-2)17(23)12-11-15-13-24-18(19-15)21(14(3)22)16-9-7-6-8-10-16/h6-13H,4-5H2,1-3H3/b12-11+. The van der Waals surface area contributed by atoms with Crippen molar-refractivity contribution < 1.29 is 9.59 Å². The van der Waals surface area contributed by atoms with Crippen LogP contribution in [0.5, 0.6) is 0 Å². The zero-order chi connectivity index (χ0) is 17.5. The van der Waals surface area contributed by atoms with E-state index in [9.17, 15) is 9.59 Å². The number of likely N-dealkylation sites (N-methyl/N-ethyl adjacent to an activating group) is 1. The molecule has 0 fully saturated rings. The molecule has 6 heteroatoms. The lowest BCUT2D eigenvalue weighted by Crippen LogP contribution is -2.28. The fraction of sp³-hybridized carbons (Fsp3) is 0.278. The number of anilines is 2. The second-order valence-electron chi connectivity index (χ2n) is 5.09. The van der Waals surface area contributed by atoms with Gasteiger partial charge in [-0.15, -0.1) is 11.3 Å². The van der Waals surface area contributed by atoms with Gasteiger partial charge in [0.1, 0.15) is 0 Å². The van der Waals surface area contributed by atoms with Gasteiger partial charge in [-0.1, -0.05) is 18.2 Å². The summed E-state index contributed by atoms with van der Waals surface area (Å²) < 4.78 is 0. The average Bonchev–Trinajstić information content (AvgIpc) is 3.03. The summed E-state index contributed by atoms with van der Waals surface area (Å²) in [6.07, 6.45) is 3.20. The molecule has 1 aromatic heterocycles. The van der Waals surface area contributed by atoms with Crippen molar-refractivity contribution in [1.29, 1.82) is 0 Å². The molecule has 0 saturated carbocycles. The first kappa shape index (κ1) is 17.9. The highest BCUT2D eigenvalue weighted by molar-refractivity contribution is 7.14. The summed E-state index contributed by atoms with van der Waals surface area (Å²) in [5, 5.41) is 2.42. The highest BCUT2D eigenvalue weighted by atomic mass is 32.1. The lowest BCUT2D eigenvalue weighted by molar-refractivity contribution is -0.125. The van der Waals surface area contributed by atoms with Gasteiger partial charge in [-0.25, -0.2) is 4.98 Å². The number of amides is 2. The number of nitrogens with zero attached hydrogens (tertiary/aromatic N) is 3. The number of carbonyl (C=O) groups is 2. The Labute approximate surface area is 146 Å². The topological polar surface area (TPSA) is 53.5 Å². The Morgan fingerprint density at radius 1 is 1.17 bits per heavy atom. The van der Waals surface area contributed by atoms with E-state index in [0.29, 0.717) is 23.9 Å². The minimum absolute atomic E-state index is 0.0407. The summed E-state index contributed by atoms with van der Waals surface area (Å²) in [6, 6.07) is 9.38. The van der Waals surface area contributed by atoms with Gasteiger partial charge in [0.2, 0.25) is 11.8 Å². The fourth-order valence-corrected chi connectivity index (χ4v) is 3.11. The number of benzene rings is 1. The van der Waals surface area contributed by atoms with Crippen LogP contribution in [0.15, 0.2) is 41.8 Å². The summed E-state index contributed by atoms with van der Waals surface area (Å²) in [6.45, 7) is 6.75. The molecule has 0 atom stereocenters. The van der Waals surface area contributed by atoms with Gasteiger partial charge in [-0.05, 0) is 32.1 Å². The Morgan fingerprint density at radius 2 is 1.83 bits per heavy atom. The average molecular weight is 343 g/mol. The Hall–Kier alpha value is -2.47. The van der Waals surface area contributed by atoms with Crippen molar-refractivity contribution in [1.82, 2.24) is 9.88 Å². The van der Waals surface area contributed by atoms with Gasteiger partial charge in [-0.3, -0.25) is 14.5 Å². The van der Waals surface area contributed by atoms with Gasteiger partial charge >= 0.3 is 0 Å². The van der Waals surface area contributed by atoms with Crippen LogP contribution < -0.4 is 4.90 Å². The number of rotatable bonds is 6. The second kappa shape index (κ2) is 8.40. The van der Waals surface area contributed by atoms with E-state index in [4.69, 9.17) is 0 Å². The Balaban J connectivity index is 2.20. The van der Waals surface area contributed by atoms with Crippen LogP contribution in [0.2, 0.25) is 0 Å². The van der Waals surface area contributed by atoms with Crippen LogP contribution >= 0.6 is 11.3 Å². The molecule has 0 bridgehead atoms. The SMILES string of the molecule is CCN(CC)C(=O)/C=C/c1csc(N(C(C)=O)c2ccccc2)n1. The van der Waals surface area contributed by atoms with E-state index in [1.54, 1.807) is 15.9 Å². The van der Waals surface area contributed by atoms with Gasteiger partial charge in [-0.2, -0.15) is 0 Å². The summed E-state index contributed by atoms with van der Waals surface area (Å²) in [5.74, 6) is -0.147. The summed E-state index contributed by atoms with van der Waals surface area (Å²) in [5.41, 5.74) is 1.44. The van der Waals surface area contributed by atoms with Crippen molar-refractivity contribution in [2.75, 3.05) is 18.0 Å². The first-order valence-corrected chi connectivity index (χ1v) is 8.73. The maximum absolute atomic E-state index is 12.0. The number of hydrogen-bond acceptors (Lipinski definition) is 4. The highest BCUT2D eigenvalue weighted by Crippen LogP contribution is 2.28. The monoisotopic (exact) mass is 343 g/mol. The largest absolute Gasteiger partial charge is 0.340 e. The van der Waals surface area contributed by atoms with Crippen molar-refractivity contribution >= 4 is 40.0 Å². The van der Waals surface area contributed by atoms with Gasteiger partial charge < -0.3 is 4.90 Å². The van der Waals surface area contributed by atoms with E-state index in [0.717, 1.165) is 5.69 Å². The molecule has 0 aliphatic carbocycles. The normalized spacial score (nSPS) is 10.8. The molecule has 0 spiro atoms. The van der Waals surface area contributed by atoms with E-state index in [1.165, 1.54) is 24.3 Å². The third-order valence-electron chi connectivity index (χ3n) is 3.50. The molecule has 5 nitrogen and oxygen atoms in total. The summed E-state index contributed by atoms with van der Waals surface area (Å²) >= 11 is 1.37. The third-order valence-corrected chi connectivity index (χ3v) is 4.35. The first-order valence-electron chi connectivity index (χ1n) is 7.85. The van der Waals surface area contributed by atoms with E-state index in [-0.39, 0.29) is 11.8 Å². The van der Waals surface area contributed by atoms with Crippen LogP contribution in [-0.2, 0) is 9.59 Å². The number of thiazole rings is 1. The molecule has 0 radical (unpaired) electrons. The first-order chi connectivity index (χ1) is 11.6. The molecule has 2 amide bonds. The molecule has 0 saturated heterocycles. The number of aromatic nitrogens is 1. The van der Waals surface area contributed by atoms with Crippen LogP contribution in [0.25, 0.3) is 6.08 Å². The molecule has 0 N–H and O–H groups in total. The van der Waals surface area contributed by atoms with E-state index in [1.807, 2.05) is 49.6 Å². The molecular formula is C18H21N3O2S. The minimum atomic E-state index is -0.106. The molecule has 126 valence electrons. The van der Waals surface area contributed by atoms with Gasteiger partial charge in [0, 0.05) is 31.5 Å². The zero-order valence-corrected chi connectivity index (χ0v) is 14.9. The van der Waals surface area contributed by atoms with E-state index in [2.05, 4.69) is 4.98 Å². The van der Waals surface area contributed by atoms with Crippen LogP contribution in [0.3, 0.4) is 0 Å². The molecule has 2 rings (SSSR count). The lowest BCUT2D eigenvalue weighted by atomic mass is 10.3. The molecule has 0 unspecified atom stereocenters. The maximum Gasteiger partial charge on any atom is 0.246 e. The van der Waals surface area contributed by atoms with E-state index >= 15 is 0 Å². The predicted octanol–water partition coefficient (Wildman–Crippen LogP) is 3.71. The number of hydrogen-bond donors (Lipinski definition) is 0. The van der Waals surface area contributed by atoms with Crippen LogP contribution in [0.4, 0.5) is 10.8 Å². The van der Waals surface area contributed by atoms with E-state index < -0.39 is 0 Å². The lowest BCUT2D eigenvalue weighted by Gasteiger charge is -2.17.